The van der Waals surface area contributed by atoms with Crippen LogP contribution in [-0.4, -0.2) is 26.8 Å². The summed E-state index contributed by atoms with van der Waals surface area (Å²) < 4.78 is 5.56. The van der Waals surface area contributed by atoms with Gasteiger partial charge in [-0.2, -0.15) is 11.3 Å². The molecular weight excluding hydrogens is 344 g/mol. The highest BCUT2D eigenvalue weighted by Crippen LogP contribution is 2.21. The van der Waals surface area contributed by atoms with Crippen LogP contribution < -0.4 is 5.32 Å². The Kier molecular flexibility index (Phi) is 5.60. The van der Waals surface area contributed by atoms with Gasteiger partial charge in [-0.05, 0) is 29.3 Å². The highest BCUT2D eigenvalue weighted by atomic mass is 32.2. The van der Waals surface area contributed by atoms with Crippen LogP contribution in [0, 0.1) is 0 Å². The van der Waals surface area contributed by atoms with Crippen molar-refractivity contribution in [3.63, 3.8) is 0 Å². The van der Waals surface area contributed by atoms with Crippen LogP contribution in [0.4, 0.5) is 5.69 Å². The number of carbonyl (C=O) groups excluding carboxylic acids is 1. The minimum absolute atomic E-state index is 0.108. The van der Waals surface area contributed by atoms with Gasteiger partial charge in [0.25, 0.3) is 0 Å². The molecule has 3 rings (SSSR count). The standard InChI is InChI=1S/C16H16N4O2S2/c1-2-24-15-6-3-12(9-17-15)18-13(21)4-5-14-19-20-16(22-14)11-7-8-23-10-11/h3,6-10H,2,4-5H2,1H3,(H,18,21). The Balaban J connectivity index is 1.50. The minimum atomic E-state index is -0.108. The molecular formula is C16H16N4O2S2. The Hall–Kier alpha value is -2.19. The van der Waals surface area contributed by atoms with Crippen LogP contribution in [-0.2, 0) is 11.2 Å². The number of amides is 1. The van der Waals surface area contributed by atoms with E-state index in [9.17, 15) is 4.79 Å². The molecule has 0 aromatic carbocycles. The lowest BCUT2D eigenvalue weighted by Crippen LogP contribution is -2.12. The van der Waals surface area contributed by atoms with Crippen molar-refractivity contribution in [2.45, 2.75) is 24.8 Å². The Labute approximate surface area is 147 Å². The van der Waals surface area contributed by atoms with Gasteiger partial charge in [0.1, 0.15) is 0 Å². The van der Waals surface area contributed by atoms with Gasteiger partial charge in [-0.15, -0.1) is 22.0 Å². The smallest absolute Gasteiger partial charge is 0.248 e. The van der Waals surface area contributed by atoms with E-state index in [1.807, 2.05) is 29.0 Å². The number of nitrogens with zero attached hydrogens (tertiary/aromatic N) is 3. The van der Waals surface area contributed by atoms with Crippen molar-refractivity contribution in [2.75, 3.05) is 11.1 Å². The Bertz CT molecular complexity index is 785. The molecule has 3 aromatic rings. The summed E-state index contributed by atoms with van der Waals surface area (Å²) in [5.41, 5.74) is 1.59. The maximum atomic E-state index is 12.0. The predicted molar refractivity (Wildman–Crippen MR) is 95.2 cm³/mol. The van der Waals surface area contributed by atoms with Crippen molar-refractivity contribution in [3.05, 3.63) is 41.0 Å². The normalized spacial score (nSPS) is 10.7. The predicted octanol–water partition coefficient (Wildman–Crippen LogP) is 3.88. The van der Waals surface area contributed by atoms with Crippen LogP contribution in [0.3, 0.4) is 0 Å². The molecule has 0 aliphatic rings. The molecule has 8 heteroatoms. The number of aromatic nitrogens is 3. The van der Waals surface area contributed by atoms with Crippen molar-refractivity contribution in [1.29, 1.82) is 0 Å². The summed E-state index contributed by atoms with van der Waals surface area (Å²) in [4.78, 5) is 16.3. The molecule has 6 nitrogen and oxygen atoms in total. The lowest BCUT2D eigenvalue weighted by Gasteiger charge is -2.04. The van der Waals surface area contributed by atoms with E-state index >= 15 is 0 Å². The fourth-order valence-electron chi connectivity index (χ4n) is 1.99. The number of hydrogen-bond donors (Lipinski definition) is 1. The number of aryl methyl sites for hydroxylation is 1. The monoisotopic (exact) mass is 360 g/mol. The molecule has 1 amide bonds. The molecule has 0 saturated carbocycles. The number of hydrogen-bond acceptors (Lipinski definition) is 7. The maximum Gasteiger partial charge on any atom is 0.248 e. The van der Waals surface area contributed by atoms with E-state index in [4.69, 9.17) is 4.42 Å². The van der Waals surface area contributed by atoms with E-state index in [0.29, 0.717) is 23.9 Å². The summed E-state index contributed by atoms with van der Waals surface area (Å²) in [6, 6.07) is 5.67. The van der Waals surface area contributed by atoms with Gasteiger partial charge in [0.05, 0.1) is 16.9 Å². The van der Waals surface area contributed by atoms with Crippen molar-refractivity contribution >= 4 is 34.7 Å². The first kappa shape index (κ1) is 16.7. The number of thioether (sulfide) groups is 1. The minimum Gasteiger partial charge on any atom is -0.421 e. The molecule has 0 spiro atoms. The second-order valence-corrected chi connectivity index (χ2v) is 6.94. The van der Waals surface area contributed by atoms with E-state index < -0.39 is 0 Å². The fraction of sp³-hybridized carbons (Fsp3) is 0.250. The third-order valence-electron chi connectivity index (χ3n) is 3.11. The van der Waals surface area contributed by atoms with Crippen LogP contribution in [0.25, 0.3) is 11.5 Å². The van der Waals surface area contributed by atoms with Gasteiger partial charge in [-0.25, -0.2) is 4.98 Å². The summed E-state index contributed by atoms with van der Waals surface area (Å²) in [5, 5.41) is 15.6. The zero-order chi connectivity index (χ0) is 16.8. The lowest BCUT2D eigenvalue weighted by atomic mass is 10.3. The number of carbonyl (C=O) groups is 1. The molecule has 24 heavy (non-hydrogen) atoms. The molecule has 0 fully saturated rings. The molecule has 0 unspecified atom stereocenters. The molecule has 0 bridgehead atoms. The van der Waals surface area contributed by atoms with Crippen molar-refractivity contribution in [1.82, 2.24) is 15.2 Å². The number of pyridine rings is 1. The molecule has 0 saturated heterocycles. The van der Waals surface area contributed by atoms with Crippen LogP contribution in [0.5, 0.6) is 0 Å². The summed E-state index contributed by atoms with van der Waals surface area (Å²) >= 11 is 3.23. The third kappa shape index (κ3) is 4.42. The maximum absolute atomic E-state index is 12.0. The van der Waals surface area contributed by atoms with Crippen molar-refractivity contribution in [2.24, 2.45) is 0 Å². The second-order valence-electron chi connectivity index (χ2n) is 4.88. The van der Waals surface area contributed by atoms with Gasteiger partial charge in [-0.3, -0.25) is 4.79 Å². The van der Waals surface area contributed by atoms with Crippen molar-refractivity contribution < 1.29 is 9.21 Å². The van der Waals surface area contributed by atoms with E-state index in [2.05, 4.69) is 27.4 Å². The molecule has 3 aromatic heterocycles. The van der Waals surface area contributed by atoms with Gasteiger partial charge >= 0.3 is 0 Å². The first-order valence-electron chi connectivity index (χ1n) is 7.48. The van der Waals surface area contributed by atoms with Crippen molar-refractivity contribution in [3.8, 4) is 11.5 Å². The summed E-state index contributed by atoms with van der Waals surface area (Å²) in [7, 11) is 0. The highest BCUT2D eigenvalue weighted by molar-refractivity contribution is 7.99. The van der Waals surface area contributed by atoms with E-state index in [0.717, 1.165) is 16.3 Å². The van der Waals surface area contributed by atoms with Crippen LogP contribution in [0.1, 0.15) is 19.2 Å². The first-order chi connectivity index (χ1) is 11.7. The van der Waals surface area contributed by atoms with E-state index in [-0.39, 0.29) is 12.3 Å². The van der Waals surface area contributed by atoms with Gasteiger partial charge in [0, 0.05) is 23.8 Å². The number of rotatable bonds is 7. The van der Waals surface area contributed by atoms with Gasteiger partial charge in [-0.1, -0.05) is 6.92 Å². The largest absolute Gasteiger partial charge is 0.421 e. The Morgan fingerprint density at radius 3 is 2.96 bits per heavy atom. The molecule has 0 aliphatic heterocycles. The quantitative estimate of drug-likeness (QED) is 0.644. The van der Waals surface area contributed by atoms with Gasteiger partial charge in [0.2, 0.25) is 17.7 Å². The Morgan fingerprint density at radius 2 is 2.25 bits per heavy atom. The molecule has 0 aliphatic carbocycles. The fourth-order valence-corrected chi connectivity index (χ4v) is 3.21. The number of anilines is 1. The third-order valence-corrected chi connectivity index (χ3v) is 4.62. The van der Waals surface area contributed by atoms with Gasteiger partial charge < -0.3 is 9.73 Å². The number of nitrogens with one attached hydrogen (secondary N) is 1. The molecule has 3 heterocycles. The Morgan fingerprint density at radius 1 is 1.33 bits per heavy atom. The van der Waals surface area contributed by atoms with Crippen LogP contribution in [0.2, 0.25) is 0 Å². The average Bonchev–Trinajstić information content (AvgIpc) is 3.26. The number of thiophene rings is 1. The molecule has 1 N–H and O–H groups in total. The SMILES string of the molecule is CCSc1ccc(NC(=O)CCc2nnc(-c3ccsc3)o2)cn1. The lowest BCUT2D eigenvalue weighted by molar-refractivity contribution is -0.116. The topological polar surface area (TPSA) is 80.9 Å². The highest BCUT2D eigenvalue weighted by Gasteiger charge is 2.11. The zero-order valence-electron chi connectivity index (χ0n) is 13.1. The summed E-state index contributed by atoms with van der Waals surface area (Å²) in [6.45, 7) is 2.07. The van der Waals surface area contributed by atoms with Crippen LogP contribution >= 0.6 is 23.1 Å². The van der Waals surface area contributed by atoms with E-state index in [1.54, 1.807) is 29.3 Å². The van der Waals surface area contributed by atoms with Gasteiger partial charge in [0.15, 0.2) is 0 Å². The summed E-state index contributed by atoms with van der Waals surface area (Å²) in [5.74, 6) is 1.80. The molecule has 124 valence electrons. The first-order valence-corrected chi connectivity index (χ1v) is 9.41. The molecule has 0 radical (unpaired) electrons. The van der Waals surface area contributed by atoms with E-state index in [1.165, 1.54) is 0 Å². The average molecular weight is 360 g/mol. The molecule has 0 atom stereocenters. The zero-order valence-corrected chi connectivity index (χ0v) is 14.7. The summed E-state index contributed by atoms with van der Waals surface area (Å²) in [6.07, 6.45) is 2.34. The van der Waals surface area contributed by atoms with Crippen LogP contribution in [0.15, 0.2) is 44.6 Å². The second kappa shape index (κ2) is 8.07.